The fourth-order valence-electron chi connectivity index (χ4n) is 7.53. The van der Waals surface area contributed by atoms with E-state index in [9.17, 15) is 19.2 Å². The lowest BCUT2D eigenvalue weighted by atomic mass is 10.0. The van der Waals surface area contributed by atoms with Crippen molar-refractivity contribution in [3.8, 4) is 33.6 Å². The SMILES string of the molecule is COC(=O)NC(C(=O)N1CC(SC)CC1c1ncc(-c2ccc(-c3ccc(-c4cnc(C5CCCN5C(=O)C(NC(=O)OC)C(C)OC)[nH]4)cc3)cc2)[nH]1)C(C)C. The summed E-state index contributed by atoms with van der Waals surface area (Å²) >= 11 is 1.72. The van der Waals surface area contributed by atoms with E-state index >= 15 is 0 Å². The van der Waals surface area contributed by atoms with Crippen LogP contribution in [0.15, 0.2) is 60.9 Å². The fourth-order valence-corrected chi connectivity index (χ4v) is 8.22. The minimum absolute atomic E-state index is 0.124. The highest BCUT2D eigenvalue weighted by Crippen LogP contribution is 2.38. The first-order valence-corrected chi connectivity index (χ1v) is 20.4. The highest BCUT2D eigenvalue weighted by atomic mass is 32.2. The average molecular weight is 801 g/mol. The Balaban J connectivity index is 1.12. The summed E-state index contributed by atoms with van der Waals surface area (Å²) in [6, 6.07) is 14.3. The van der Waals surface area contributed by atoms with Crippen LogP contribution in [0.1, 0.15) is 63.8 Å². The first-order chi connectivity index (χ1) is 27.5. The molecule has 0 saturated carbocycles. The number of aromatic amines is 2. The fraction of sp³-hybridized carbons (Fsp3) is 0.463. The van der Waals surface area contributed by atoms with Crippen LogP contribution in [0.2, 0.25) is 0 Å². The number of amides is 4. The largest absolute Gasteiger partial charge is 0.453 e. The minimum atomic E-state index is -0.897. The van der Waals surface area contributed by atoms with Crippen molar-refractivity contribution < 1.29 is 33.4 Å². The Labute approximate surface area is 337 Å². The number of methoxy groups -OCH3 is 3. The summed E-state index contributed by atoms with van der Waals surface area (Å²) in [5.74, 6) is 0.877. The zero-order chi connectivity index (χ0) is 40.8. The van der Waals surface area contributed by atoms with Crippen LogP contribution in [-0.2, 0) is 23.8 Å². The molecule has 6 rings (SSSR count). The summed E-state index contributed by atoms with van der Waals surface area (Å²) < 4.78 is 14.9. The second-order valence-corrected chi connectivity index (χ2v) is 15.9. The number of alkyl carbamates (subject to hydrolysis) is 2. The molecule has 4 amide bonds. The van der Waals surface area contributed by atoms with Crippen LogP contribution in [0.25, 0.3) is 33.6 Å². The van der Waals surface area contributed by atoms with E-state index in [1.807, 2.05) is 49.3 Å². The van der Waals surface area contributed by atoms with Crippen molar-refractivity contribution in [3.63, 3.8) is 0 Å². The predicted molar refractivity (Wildman–Crippen MR) is 217 cm³/mol. The number of nitrogens with one attached hydrogen (secondary N) is 4. The monoisotopic (exact) mass is 800 g/mol. The van der Waals surface area contributed by atoms with Crippen molar-refractivity contribution in [2.45, 2.75) is 75.6 Å². The minimum Gasteiger partial charge on any atom is -0.453 e. The molecule has 6 unspecified atom stereocenters. The summed E-state index contributed by atoms with van der Waals surface area (Å²) in [4.78, 5) is 71.3. The van der Waals surface area contributed by atoms with Gasteiger partial charge in [-0.1, -0.05) is 62.4 Å². The zero-order valence-corrected chi connectivity index (χ0v) is 34.2. The molecular formula is C41H52N8O7S. The Bertz CT molecular complexity index is 2020. The number of benzene rings is 2. The molecule has 2 aliphatic rings. The quantitative estimate of drug-likeness (QED) is 0.126. The first kappa shape index (κ1) is 41.3. The van der Waals surface area contributed by atoms with Crippen LogP contribution in [0.4, 0.5) is 9.59 Å². The van der Waals surface area contributed by atoms with Crippen LogP contribution in [0.3, 0.4) is 0 Å². The molecule has 2 aliphatic heterocycles. The normalized spacial score (nSPS) is 19.6. The average Bonchev–Trinajstić information content (AvgIpc) is 4.07. The van der Waals surface area contributed by atoms with Gasteiger partial charge in [0, 0.05) is 25.4 Å². The third kappa shape index (κ3) is 9.12. The third-order valence-corrected chi connectivity index (χ3v) is 11.9. The van der Waals surface area contributed by atoms with Gasteiger partial charge in [-0.25, -0.2) is 19.6 Å². The van der Waals surface area contributed by atoms with E-state index in [-0.39, 0.29) is 35.1 Å². The van der Waals surface area contributed by atoms with Gasteiger partial charge in [-0.05, 0) is 60.6 Å². The molecule has 6 atom stereocenters. The molecule has 4 heterocycles. The van der Waals surface area contributed by atoms with Crippen LogP contribution in [0, 0.1) is 5.92 Å². The number of carbonyl (C=O) groups is 4. The first-order valence-electron chi connectivity index (χ1n) is 19.1. The molecule has 2 aromatic carbocycles. The summed E-state index contributed by atoms with van der Waals surface area (Å²) in [6.45, 7) is 6.64. The number of carbonyl (C=O) groups excluding carboxylic acids is 4. The molecule has 0 spiro atoms. The molecule has 4 N–H and O–H groups in total. The van der Waals surface area contributed by atoms with Crippen LogP contribution < -0.4 is 10.6 Å². The molecule has 2 aromatic heterocycles. The number of imidazole rings is 2. The molecule has 16 heteroatoms. The summed E-state index contributed by atoms with van der Waals surface area (Å²) in [7, 11) is 4.05. The van der Waals surface area contributed by atoms with Gasteiger partial charge in [-0.15, -0.1) is 0 Å². The number of hydrogen-bond acceptors (Lipinski definition) is 10. The molecule has 0 bridgehead atoms. The Kier molecular flexibility index (Phi) is 13.2. The molecule has 0 aliphatic carbocycles. The van der Waals surface area contributed by atoms with Gasteiger partial charge in [0.1, 0.15) is 23.7 Å². The molecule has 2 fully saturated rings. The van der Waals surface area contributed by atoms with E-state index < -0.39 is 30.4 Å². The van der Waals surface area contributed by atoms with E-state index in [2.05, 4.69) is 49.9 Å². The van der Waals surface area contributed by atoms with Crippen molar-refractivity contribution in [1.82, 2.24) is 40.4 Å². The van der Waals surface area contributed by atoms with Crippen LogP contribution in [-0.4, -0.2) is 118 Å². The highest BCUT2D eigenvalue weighted by Gasteiger charge is 2.42. The summed E-state index contributed by atoms with van der Waals surface area (Å²) in [5, 5.41) is 5.58. The van der Waals surface area contributed by atoms with E-state index in [4.69, 9.17) is 19.2 Å². The van der Waals surface area contributed by atoms with Crippen molar-refractivity contribution >= 4 is 35.8 Å². The predicted octanol–water partition coefficient (Wildman–Crippen LogP) is 5.94. The summed E-state index contributed by atoms with van der Waals surface area (Å²) in [6.07, 6.45) is 6.05. The van der Waals surface area contributed by atoms with Gasteiger partial charge < -0.3 is 44.6 Å². The van der Waals surface area contributed by atoms with E-state index in [1.165, 1.54) is 21.3 Å². The maximum atomic E-state index is 13.8. The Morgan fingerprint density at radius 1 is 0.737 bits per heavy atom. The van der Waals surface area contributed by atoms with Gasteiger partial charge in [-0.3, -0.25) is 9.59 Å². The van der Waals surface area contributed by atoms with E-state index in [0.29, 0.717) is 24.7 Å². The highest BCUT2D eigenvalue weighted by molar-refractivity contribution is 7.99. The van der Waals surface area contributed by atoms with Crippen molar-refractivity contribution in [3.05, 3.63) is 72.6 Å². The lowest BCUT2D eigenvalue weighted by molar-refractivity contribution is -0.137. The van der Waals surface area contributed by atoms with Gasteiger partial charge in [-0.2, -0.15) is 11.8 Å². The van der Waals surface area contributed by atoms with Crippen LogP contribution in [0.5, 0.6) is 0 Å². The number of thioether (sulfide) groups is 1. The second kappa shape index (κ2) is 18.3. The third-order valence-electron chi connectivity index (χ3n) is 10.9. The number of likely N-dealkylation sites (tertiary alicyclic amines) is 2. The molecule has 15 nitrogen and oxygen atoms in total. The van der Waals surface area contributed by atoms with Crippen LogP contribution >= 0.6 is 11.8 Å². The van der Waals surface area contributed by atoms with Crippen molar-refractivity contribution in [2.24, 2.45) is 5.92 Å². The number of hydrogen-bond donors (Lipinski definition) is 4. The van der Waals surface area contributed by atoms with Gasteiger partial charge in [0.25, 0.3) is 0 Å². The van der Waals surface area contributed by atoms with Gasteiger partial charge in [0.2, 0.25) is 11.8 Å². The van der Waals surface area contributed by atoms with Crippen molar-refractivity contribution in [1.29, 1.82) is 0 Å². The van der Waals surface area contributed by atoms with Gasteiger partial charge in [0.05, 0.1) is 56.2 Å². The number of aromatic nitrogens is 4. The maximum Gasteiger partial charge on any atom is 0.407 e. The standard InChI is InChI=1S/C41H52N8O7S/c1-23(2)34(46-40(52)55-5)38(50)49-22-29(57-7)19-33(49)37-43-21-31(45-37)28-16-12-26(13-17-28)25-10-14-27(15-11-25)30-20-42-36(44-30)32-9-8-18-48(32)39(51)35(24(3)54-4)47-41(53)56-6/h10-17,20-21,23-24,29,32-35H,8-9,18-19,22H2,1-7H3,(H,42,44)(H,43,45)(H,46,52)(H,47,53). The van der Waals surface area contributed by atoms with E-state index in [1.54, 1.807) is 36.0 Å². The molecule has 0 radical (unpaired) electrons. The van der Waals surface area contributed by atoms with Gasteiger partial charge >= 0.3 is 12.2 Å². The number of rotatable bonds is 13. The lowest BCUT2D eigenvalue weighted by Crippen LogP contribution is -2.54. The Hall–Kier alpha value is -5.35. The number of nitrogens with zero attached hydrogens (tertiary/aromatic N) is 4. The molecule has 304 valence electrons. The second-order valence-electron chi connectivity index (χ2n) is 14.7. The van der Waals surface area contributed by atoms with Crippen molar-refractivity contribution in [2.75, 3.05) is 40.7 Å². The van der Waals surface area contributed by atoms with Gasteiger partial charge in [0.15, 0.2) is 0 Å². The summed E-state index contributed by atoms with van der Waals surface area (Å²) in [5.41, 5.74) is 5.69. The Morgan fingerprint density at radius 3 is 1.72 bits per heavy atom. The molecule has 4 aromatic rings. The number of H-pyrrole nitrogens is 2. The topological polar surface area (TPSA) is 184 Å². The molecular weight excluding hydrogens is 749 g/mol. The Morgan fingerprint density at radius 2 is 1.23 bits per heavy atom. The lowest BCUT2D eigenvalue weighted by Gasteiger charge is -2.30. The molecule has 2 saturated heterocycles. The number of ether oxygens (including phenoxy) is 3. The maximum absolute atomic E-state index is 13.8. The smallest absolute Gasteiger partial charge is 0.407 e. The zero-order valence-electron chi connectivity index (χ0n) is 33.4. The van der Waals surface area contributed by atoms with E-state index in [0.717, 1.165) is 52.9 Å². The molecule has 57 heavy (non-hydrogen) atoms.